The second kappa shape index (κ2) is 12.2. The van der Waals surface area contributed by atoms with E-state index < -0.39 is 17.8 Å². The Hall–Kier alpha value is -3.72. The maximum absolute atomic E-state index is 14.8. The van der Waals surface area contributed by atoms with E-state index >= 15 is 0 Å². The average Bonchev–Trinajstić information content (AvgIpc) is 3.31. The number of imidazole rings is 1. The summed E-state index contributed by atoms with van der Waals surface area (Å²) in [6.45, 7) is 7.55. The Morgan fingerprint density at radius 3 is 2.38 bits per heavy atom. The van der Waals surface area contributed by atoms with E-state index in [0.29, 0.717) is 23.8 Å². The predicted molar refractivity (Wildman–Crippen MR) is 157 cm³/mol. The molecule has 0 radical (unpaired) electrons. The van der Waals surface area contributed by atoms with Crippen LogP contribution in [0.4, 0.5) is 10.1 Å². The van der Waals surface area contributed by atoms with Gasteiger partial charge in [-0.3, -0.25) is 14.3 Å². The molecule has 2 heterocycles. The van der Waals surface area contributed by atoms with Gasteiger partial charge in [-0.1, -0.05) is 60.1 Å². The largest absolute Gasteiger partial charge is 0.390 e. The van der Waals surface area contributed by atoms with Crippen LogP contribution in [0.3, 0.4) is 0 Å². The van der Waals surface area contributed by atoms with Crippen LogP contribution in [-0.4, -0.2) is 70.8 Å². The van der Waals surface area contributed by atoms with Crippen molar-refractivity contribution in [2.45, 2.75) is 20.0 Å². The van der Waals surface area contributed by atoms with E-state index in [9.17, 15) is 14.3 Å². The number of benzene rings is 3. The van der Waals surface area contributed by atoms with E-state index in [1.165, 1.54) is 6.07 Å². The van der Waals surface area contributed by atoms with Gasteiger partial charge in [0, 0.05) is 55.5 Å². The van der Waals surface area contributed by atoms with E-state index in [-0.39, 0.29) is 12.2 Å². The summed E-state index contributed by atoms with van der Waals surface area (Å²) >= 11 is 6.30. The number of aromatic nitrogens is 2. The Morgan fingerprint density at radius 1 is 0.975 bits per heavy atom. The molecule has 7 nitrogen and oxygen atoms in total. The zero-order valence-electron chi connectivity index (χ0n) is 22.6. The summed E-state index contributed by atoms with van der Waals surface area (Å²) in [6.07, 6.45) is -0.744. The van der Waals surface area contributed by atoms with E-state index in [0.717, 1.165) is 48.0 Å². The number of halogens is 2. The minimum absolute atomic E-state index is 0.0825. The van der Waals surface area contributed by atoms with Crippen molar-refractivity contribution in [3.63, 3.8) is 0 Å². The molecule has 4 aromatic rings. The molecular formula is C31H33ClFN5O2. The first-order valence-electron chi connectivity index (χ1n) is 13.4. The number of nitrogens with zero attached hydrogens (tertiary/aromatic N) is 4. The molecule has 1 fully saturated rings. The van der Waals surface area contributed by atoms with Crippen molar-refractivity contribution in [3.05, 3.63) is 101 Å². The predicted octanol–water partition coefficient (Wildman–Crippen LogP) is 4.86. The van der Waals surface area contributed by atoms with Crippen LogP contribution < -0.4 is 10.2 Å². The number of nitrogens with one attached hydrogen (secondary N) is 1. The molecule has 1 unspecified atom stereocenters. The van der Waals surface area contributed by atoms with Crippen molar-refractivity contribution in [1.29, 1.82) is 0 Å². The van der Waals surface area contributed by atoms with Crippen LogP contribution in [0.15, 0.2) is 72.8 Å². The van der Waals surface area contributed by atoms with Crippen LogP contribution in [0.5, 0.6) is 0 Å². The molecule has 1 aliphatic rings. The maximum Gasteiger partial charge on any atom is 0.271 e. The molecule has 9 heteroatoms. The first kappa shape index (κ1) is 27.8. The number of hydrogen-bond donors (Lipinski definition) is 2. The Balaban J connectivity index is 1.23. The summed E-state index contributed by atoms with van der Waals surface area (Å²) in [4.78, 5) is 22.3. The molecule has 0 saturated carbocycles. The molecule has 1 aromatic heterocycles. The molecular weight excluding hydrogens is 529 g/mol. The van der Waals surface area contributed by atoms with Gasteiger partial charge in [0.05, 0.1) is 17.5 Å². The highest BCUT2D eigenvalue weighted by Gasteiger charge is 2.25. The van der Waals surface area contributed by atoms with E-state index in [1.54, 1.807) is 29.7 Å². The van der Waals surface area contributed by atoms with E-state index in [4.69, 9.17) is 11.6 Å². The first-order valence-corrected chi connectivity index (χ1v) is 13.8. The Labute approximate surface area is 238 Å². The fourth-order valence-corrected chi connectivity index (χ4v) is 5.36. The molecule has 0 spiro atoms. The zero-order valence-corrected chi connectivity index (χ0v) is 23.4. The number of anilines is 1. The summed E-state index contributed by atoms with van der Waals surface area (Å²) in [7, 11) is 0. The van der Waals surface area contributed by atoms with Gasteiger partial charge in [-0.15, -0.1) is 0 Å². The number of amides is 1. The van der Waals surface area contributed by atoms with Crippen molar-refractivity contribution in [2.75, 3.05) is 44.2 Å². The van der Waals surface area contributed by atoms with Crippen molar-refractivity contribution >= 4 is 23.2 Å². The normalized spacial score (nSPS) is 14.8. The fraction of sp³-hybridized carbons (Fsp3) is 0.290. The summed E-state index contributed by atoms with van der Waals surface area (Å²) in [5.41, 5.74) is 4.00. The number of carbonyl (C=O) groups is 1. The smallest absolute Gasteiger partial charge is 0.271 e. The van der Waals surface area contributed by atoms with Crippen LogP contribution in [0.2, 0.25) is 5.02 Å². The number of carbonyl (C=O) groups excluding carboxylic acids is 1. The lowest BCUT2D eigenvalue weighted by molar-refractivity contribution is 0.0847. The molecule has 0 aliphatic carbocycles. The third-order valence-corrected chi connectivity index (χ3v) is 7.78. The van der Waals surface area contributed by atoms with Crippen LogP contribution in [0, 0.1) is 19.7 Å². The lowest BCUT2D eigenvalue weighted by atomic mass is 10.1. The molecule has 208 valence electrons. The molecule has 5 rings (SSSR count). The van der Waals surface area contributed by atoms with Gasteiger partial charge in [-0.2, -0.15) is 0 Å². The van der Waals surface area contributed by atoms with Crippen LogP contribution >= 0.6 is 11.6 Å². The number of rotatable bonds is 8. The highest BCUT2D eigenvalue weighted by Crippen LogP contribution is 2.29. The summed E-state index contributed by atoms with van der Waals surface area (Å²) < 4.78 is 16.5. The number of hydrogen-bond acceptors (Lipinski definition) is 5. The van der Waals surface area contributed by atoms with Gasteiger partial charge < -0.3 is 15.3 Å². The number of piperazine rings is 1. The Morgan fingerprint density at radius 2 is 1.65 bits per heavy atom. The van der Waals surface area contributed by atoms with Crippen molar-refractivity contribution in [2.24, 2.45) is 0 Å². The van der Waals surface area contributed by atoms with E-state index in [1.807, 2.05) is 49.4 Å². The average molecular weight is 562 g/mol. The monoisotopic (exact) mass is 561 g/mol. The molecule has 40 heavy (non-hydrogen) atoms. The minimum Gasteiger partial charge on any atom is -0.390 e. The van der Waals surface area contributed by atoms with Crippen LogP contribution in [0.1, 0.15) is 21.7 Å². The lowest BCUT2D eigenvalue weighted by Crippen LogP contribution is -2.50. The molecule has 1 amide bonds. The van der Waals surface area contributed by atoms with Gasteiger partial charge in [0.2, 0.25) is 0 Å². The third kappa shape index (κ3) is 5.89. The summed E-state index contributed by atoms with van der Waals surface area (Å²) in [5.74, 6) is -0.347. The third-order valence-electron chi connectivity index (χ3n) is 7.37. The summed E-state index contributed by atoms with van der Waals surface area (Å²) in [6, 6.07) is 21.7. The lowest BCUT2D eigenvalue weighted by Gasteiger charge is -2.37. The van der Waals surface area contributed by atoms with Crippen LogP contribution in [-0.2, 0) is 0 Å². The first-order chi connectivity index (χ1) is 19.3. The topological polar surface area (TPSA) is 73.6 Å². The van der Waals surface area contributed by atoms with E-state index in [2.05, 4.69) is 26.2 Å². The van der Waals surface area contributed by atoms with Gasteiger partial charge in [0.1, 0.15) is 17.3 Å². The molecule has 1 aliphatic heterocycles. The minimum atomic E-state index is -0.744. The number of aliphatic hydroxyl groups excluding tert-OH is 1. The van der Waals surface area contributed by atoms with Crippen LogP contribution in [0.25, 0.3) is 17.1 Å². The standard InChI is InChI=1S/C31H33ClFN5O2/c1-21-25(32)11-8-14-27(21)37-17-15-36(16-18-37)20-24(39)19-34-31(40)29-22(2)38(28-13-7-6-12-26(28)33)30(35-29)23-9-4-3-5-10-23/h3-14,24,39H,15-20H2,1-2H3,(H,34,40). The summed E-state index contributed by atoms with van der Waals surface area (Å²) in [5, 5.41) is 14.3. The fourth-order valence-electron chi connectivity index (χ4n) is 5.19. The van der Waals surface area contributed by atoms with Gasteiger partial charge in [0.15, 0.2) is 0 Å². The molecule has 1 atom stereocenters. The Kier molecular flexibility index (Phi) is 8.49. The molecule has 3 aromatic carbocycles. The SMILES string of the molecule is Cc1c(Cl)cccc1N1CCN(CC(O)CNC(=O)c2nc(-c3ccccc3)n(-c3ccccc3F)c2C)CC1. The second-order valence-electron chi connectivity index (χ2n) is 10.1. The maximum atomic E-state index is 14.8. The second-order valence-corrected chi connectivity index (χ2v) is 10.5. The van der Waals surface area contributed by atoms with Gasteiger partial charge in [0.25, 0.3) is 5.91 Å². The quantitative estimate of drug-likeness (QED) is 0.321. The number of aliphatic hydroxyl groups is 1. The highest BCUT2D eigenvalue weighted by atomic mass is 35.5. The zero-order chi connectivity index (χ0) is 28.2. The van der Waals surface area contributed by atoms with Gasteiger partial charge >= 0.3 is 0 Å². The van der Waals surface area contributed by atoms with Gasteiger partial charge in [-0.25, -0.2) is 9.37 Å². The van der Waals surface area contributed by atoms with Gasteiger partial charge in [-0.05, 0) is 43.7 Å². The Bertz CT molecular complexity index is 1480. The molecule has 0 bridgehead atoms. The number of β-amino-alcohol motifs (C(OH)–C–C–N with tert-alkyl or cyclic N) is 1. The molecule has 2 N–H and O–H groups in total. The van der Waals surface area contributed by atoms with Crippen molar-refractivity contribution < 1.29 is 14.3 Å². The molecule has 1 saturated heterocycles. The number of para-hydroxylation sites is 1. The highest BCUT2D eigenvalue weighted by molar-refractivity contribution is 6.31. The van der Waals surface area contributed by atoms with Crippen molar-refractivity contribution in [1.82, 2.24) is 19.8 Å². The van der Waals surface area contributed by atoms with Crippen molar-refractivity contribution in [3.8, 4) is 17.1 Å².